The first-order valence-electron chi connectivity index (χ1n) is 9.15. The number of para-hydroxylation sites is 1. The van der Waals surface area contributed by atoms with Crippen molar-refractivity contribution >= 4 is 37.5 Å². The maximum atomic E-state index is 12.7. The van der Waals surface area contributed by atoms with Gasteiger partial charge in [0.2, 0.25) is 10.0 Å². The number of amides is 1. The SMILES string of the molecule is Cn1c(=NC(=O)C2CCN(S(=O)(=O)c3ccccc3)CC2)sc2ccccc21. The molecule has 0 radical (unpaired) electrons. The highest BCUT2D eigenvalue weighted by Crippen LogP contribution is 2.24. The molecule has 3 aromatic rings. The Kier molecular flexibility index (Phi) is 5.18. The number of carbonyl (C=O) groups is 1. The predicted molar refractivity (Wildman–Crippen MR) is 109 cm³/mol. The molecular formula is C20H21N3O3S2. The lowest BCUT2D eigenvalue weighted by atomic mass is 9.98. The number of nitrogens with zero attached hydrogens (tertiary/aromatic N) is 3. The average Bonchev–Trinajstić information content (AvgIpc) is 3.04. The minimum atomic E-state index is -3.50. The molecule has 4 rings (SSSR count). The number of thiazole rings is 1. The Balaban J connectivity index is 1.49. The van der Waals surface area contributed by atoms with Crippen LogP contribution >= 0.6 is 11.3 Å². The van der Waals surface area contributed by atoms with Gasteiger partial charge in [0, 0.05) is 26.1 Å². The minimum Gasteiger partial charge on any atom is -0.319 e. The van der Waals surface area contributed by atoms with Crippen molar-refractivity contribution in [3.8, 4) is 0 Å². The molecule has 1 aromatic heterocycles. The van der Waals surface area contributed by atoms with Gasteiger partial charge in [-0.1, -0.05) is 41.7 Å². The summed E-state index contributed by atoms with van der Waals surface area (Å²) in [6, 6.07) is 16.4. The number of piperidine rings is 1. The van der Waals surface area contributed by atoms with Gasteiger partial charge in [-0.25, -0.2) is 8.42 Å². The number of aromatic nitrogens is 1. The molecule has 0 spiro atoms. The van der Waals surface area contributed by atoms with Crippen LogP contribution in [-0.2, 0) is 21.9 Å². The van der Waals surface area contributed by atoms with Crippen LogP contribution in [0.5, 0.6) is 0 Å². The number of hydrogen-bond donors (Lipinski definition) is 0. The Morgan fingerprint density at radius 2 is 1.68 bits per heavy atom. The van der Waals surface area contributed by atoms with Crippen LogP contribution in [0.25, 0.3) is 10.2 Å². The lowest BCUT2D eigenvalue weighted by Gasteiger charge is -2.29. The first kappa shape index (κ1) is 19.0. The second kappa shape index (κ2) is 7.62. The van der Waals surface area contributed by atoms with E-state index in [9.17, 15) is 13.2 Å². The first-order chi connectivity index (χ1) is 13.5. The molecule has 146 valence electrons. The number of aryl methyl sites for hydroxylation is 1. The zero-order chi connectivity index (χ0) is 19.7. The van der Waals surface area contributed by atoms with Crippen molar-refractivity contribution < 1.29 is 13.2 Å². The summed E-state index contributed by atoms with van der Waals surface area (Å²) in [5.74, 6) is -0.411. The van der Waals surface area contributed by atoms with E-state index in [2.05, 4.69) is 4.99 Å². The molecule has 0 aliphatic carbocycles. The Hall–Kier alpha value is -2.29. The summed E-state index contributed by atoms with van der Waals surface area (Å²) in [5.41, 5.74) is 1.04. The van der Waals surface area contributed by atoms with E-state index in [4.69, 9.17) is 0 Å². The van der Waals surface area contributed by atoms with E-state index in [-0.39, 0.29) is 11.8 Å². The maximum Gasteiger partial charge on any atom is 0.251 e. The van der Waals surface area contributed by atoms with Crippen molar-refractivity contribution in [2.75, 3.05) is 13.1 Å². The van der Waals surface area contributed by atoms with E-state index >= 15 is 0 Å². The predicted octanol–water partition coefficient (Wildman–Crippen LogP) is 2.77. The normalized spacial score (nSPS) is 17.2. The van der Waals surface area contributed by atoms with Crippen LogP contribution in [0.3, 0.4) is 0 Å². The molecule has 1 fully saturated rings. The van der Waals surface area contributed by atoms with Crippen LogP contribution in [0.1, 0.15) is 12.8 Å². The van der Waals surface area contributed by atoms with Crippen molar-refractivity contribution in [1.29, 1.82) is 0 Å². The van der Waals surface area contributed by atoms with Crippen LogP contribution < -0.4 is 4.80 Å². The lowest BCUT2D eigenvalue weighted by molar-refractivity contribution is -0.122. The van der Waals surface area contributed by atoms with Gasteiger partial charge >= 0.3 is 0 Å². The molecule has 1 aliphatic heterocycles. The summed E-state index contributed by atoms with van der Waals surface area (Å²) >= 11 is 1.49. The van der Waals surface area contributed by atoms with Gasteiger partial charge in [-0.15, -0.1) is 0 Å². The number of benzene rings is 2. The average molecular weight is 416 g/mol. The molecule has 2 heterocycles. The summed E-state index contributed by atoms with van der Waals surface area (Å²) in [6.07, 6.45) is 0.978. The van der Waals surface area contributed by atoms with Crippen molar-refractivity contribution in [3.05, 3.63) is 59.4 Å². The van der Waals surface area contributed by atoms with E-state index in [1.807, 2.05) is 35.9 Å². The van der Waals surface area contributed by atoms with Gasteiger partial charge in [-0.3, -0.25) is 4.79 Å². The van der Waals surface area contributed by atoms with Gasteiger partial charge in [-0.2, -0.15) is 9.30 Å². The van der Waals surface area contributed by atoms with E-state index in [0.717, 1.165) is 10.2 Å². The molecule has 0 bridgehead atoms. The summed E-state index contributed by atoms with van der Waals surface area (Å²) in [7, 11) is -1.60. The molecule has 0 atom stereocenters. The molecule has 1 amide bonds. The van der Waals surface area contributed by atoms with Crippen molar-refractivity contribution in [3.63, 3.8) is 0 Å². The number of sulfonamides is 1. The summed E-state index contributed by atoms with van der Waals surface area (Å²) in [6.45, 7) is 0.670. The molecule has 0 unspecified atom stereocenters. The van der Waals surface area contributed by atoms with Crippen LogP contribution in [0.2, 0.25) is 0 Å². The monoisotopic (exact) mass is 415 g/mol. The standard InChI is InChI=1S/C20H21N3O3S2/c1-22-17-9-5-6-10-18(17)27-20(22)21-19(24)15-11-13-23(14-12-15)28(25,26)16-7-3-2-4-8-16/h2-10,15H,11-14H2,1H3. The molecular weight excluding hydrogens is 394 g/mol. The fourth-order valence-corrected chi connectivity index (χ4v) is 5.97. The van der Waals surface area contributed by atoms with Crippen molar-refractivity contribution in [2.24, 2.45) is 18.0 Å². The fourth-order valence-electron chi connectivity index (χ4n) is 3.46. The van der Waals surface area contributed by atoms with Crippen LogP contribution in [0.4, 0.5) is 0 Å². The van der Waals surface area contributed by atoms with E-state index in [1.54, 1.807) is 30.3 Å². The van der Waals surface area contributed by atoms with E-state index in [0.29, 0.717) is 35.6 Å². The van der Waals surface area contributed by atoms with Crippen molar-refractivity contribution in [2.45, 2.75) is 17.7 Å². The maximum absolute atomic E-state index is 12.7. The summed E-state index contributed by atoms with van der Waals surface area (Å²) < 4.78 is 29.9. The molecule has 6 nitrogen and oxygen atoms in total. The molecule has 28 heavy (non-hydrogen) atoms. The van der Waals surface area contributed by atoms with Crippen LogP contribution in [0.15, 0.2) is 64.5 Å². The highest BCUT2D eigenvalue weighted by molar-refractivity contribution is 7.89. The van der Waals surface area contributed by atoms with E-state index < -0.39 is 10.0 Å². The van der Waals surface area contributed by atoms with Gasteiger partial charge in [-0.05, 0) is 37.1 Å². The van der Waals surface area contributed by atoms with Crippen LogP contribution in [0, 0.1) is 5.92 Å². The van der Waals surface area contributed by atoms with Crippen LogP contribution in [-0.4, -0.2) is 36.3 Å². The number of hydrogen-bond acceptors (Lipinski definition) is 4. The Morgan fingerprint density at radius 1 is 1.04 bits per heavy atom. The largest absolute Gasteiger partial charge is 0.319 e. The minimum absolute atomic E-state index is 0.168. The number of carbonyl (C=O) groups excluding carboxylic acids is 1. The second-order valence-corrected chi connectivity index (χ2v) is 9.80. The summed E-state index contributed by atoms with van der Waals surface area (Å²) in [4.78, 5) is 18.0. The quantitative estimate of drug-likeness (QED) is 0.660. The van der Waals surface area contributed by atoms with Gasteiger partial charge in [0.05, 0.1) is 15.1 Å². The topological polar surface area (TPSA) is 71.7 Å². The fraction of sp³-hybridized carbons (Fsp3) is 0.300. The third kappa shape index (κ3) is 3.55. The zero-order valence-corrected chi connectivity index (χ0v) is 17.1. The second-order valence-electron chi connectivity index (χ2n) is 6.85. The zero-order valence-electron chi connectivity index (χ0n) is 15.5. The Labute approximate surface area is 167 Å². The number of rotatable bonds is 3. The van der Waals surface area contributed by atoms with E-state index in [1.165, 1.54) is 15.6 Å². The molecule has 0 N–H and O–H groups in total. The molecule has 2 aromatic carbocycles. The van der Waals surface area contributed by atoms with Gasteiger partial charge in [0.25, 0.3) is 5.91 Å². The molecule has 1 saturated heterocycles. The van der Waals surface area contributed by atoms with Gasteiger partial charge < -0.3 is 4.57 Å². The number of fused-ring (bicyclic) bond motifs is 1. The van der Waals surface area contributed by atoms with Gasteiger partial charge in [0.15, 0.2) is 4.80 Å². The van der Waals surface area contributed by atoms with Gasteiger partial charge in [0.1, 0.15) is 0 Å². The van der Waals surface area contributed by atoms with Crippen molar-refractivity contribution in [1.82, 2.24) is 8.87 Å². The highest BCUT2D eigenvalue weighted by atomic mass is 32.2. The molecule has 1 aliphatic rings. The third-order valence-corrected chi connectivity index (χ3v) is 8.13. The Bertz CT molecular complexity index is 1170. The summed E-state index contributed by atoms with van der Waals surface area (Å²) in [5, 5.41) is 0. The smallest absolute Gasteiger partial charge is 0.251 e. The first-order valence-corrected chi connectivity index (χ1v) is 11.4. The highest BCUT2D eigenvalue weighted by Gasteiger charge is 2.32. The Morgan fingerprint density at radius 3 is 2.36 bits per heavy atom. The molecule has 0 saturated carbocycles. The lowest BCUT2D eigenvalue weighted by Crippen LogP contribution is -2.40. The third-order valence-electron chi connectivity index (χ3n) is 5.10. The molecule has 8 heteroatoms.